The number of carbonyl (C=O) groups is 1. The lowest BCUT2D eigenvalue weighted by molar-refractivity contribution is 0.0364. The fourth-order valence-electron chi connectivity index (χ4n) is 5.11. The molecule has 8 nitrogen and oxygen atoms in total. The number of fused-ring (bicyclic) bond motifs is 1. The van der Waals surface area contributed by atoms with Crippen LogP contribution in [0.25, 0.3) is 22.2 Å². The largest absolute Gasteiger partial charge is 0.379 e. The number of benzene rings is 1. The smallest absolute Gasteiger partial charge is 0.265 e. The Bertz CT molecular complexity index is 1330. The molecule has 1 saturated heterocycles. The van der Waals surface area contributed by atoms with Crippen LogP contribution in [0.1, 0.15) is 48.0 Å². The molecule has 3 heterocycles. The molecule has 0 bridgehead atoms. The normalized spacial score (nSPS) is 17.1. The zero-order valence-corrected chi connectivity index (χ0v) is 20.4. The van der Waals surface area contributed by atoms with Crippen molar-refractivity contribution in [1.29, 1.82) is 5.26 Å². The molecule has 1 aliphatic heterocycles. The summed E-state index contributed by atoms with van der Waals surface area (Å²) < 4.78 is 7.09. The molecule has 0 spiro atoms. The molecule has 1 aliphatic carbocycles. The second-order valence-electron chi connectivity index (χ2n) is 9.60. The average molecular weight is 486 g/mol. The van der Waals surface area contributed by atoms with Gasteiger partial charge in [0.05, 0.1) is 24.8 Å². The number of amides is 1. The lowest BCUT2D eigenvalue weighted by Crippen LogP contribution is -2.42. The minimum absolute atomic E-state index is 0.117. The summed E-state index contributed by atoms with van der Waals surface area (Å²) in [6.45, 7) is 4.15. The number of hydrogen-bond donors (Lipinski definition) is 1. The van der Waals surface area contributed by atoms with Crippen molar-refractivity contribution < 1.29 is 9.53 Å². The third-order valence-corrected chi connectivity index (χ3v) is 7.20. The van der Waals surface area contributed by atoms with Gasteiger partial charge in [-0.2, -0.15) is 5.26 Å². The summed E-state index contributed by atoms with van der Waals surface area (Å²) in [5, 5.41) is 12.9. The van der Waals surface area contributed by atoms with E-state index in [4.69, 9.17) is 10.00 Å². The predicted octanol–water partition coefficient (Wildman–Crippen LogP) is 3.33. The van der Waals surface area contributed by atoms with E-state index in [1.165, 1.54) is 6.42 Å². The number of pyridine rings is 2. The van der Waals surface area contributed by atoms with Crippen molar-refractivity contribution in [1.82, 2.24) is 19.8 Å². The number of morpholine rings is 1. The van der Waals surface area contributed by atoms with Crippen LogP contribution in [0.5, 0.6) is 0 Å². The first kappa shape index (κ1) is 24.2. The van der Waals surface area contributed by atoms with Crippen LogP contribution < -0.4 is 10.9 Å². The van der Waals surface area contributed by atoms with Gasteiger partial charge in [0.2, 0.25) is 0 Å². The molecule has 3 aromatic rings. The van der Waals surface area contributed by atoms with Gasteiger partial charge in [-0.05, 0) is 42.7 Å². The summed E-state index contributed by atoms with van der Waals surface area (Å²) in [5.41, 5.74) is 2.80. The number of ether oxygens (including phenoxy) is 1. The number of nitriles is 1. The molecule has 1 saturated carbocycles. The molecular weight excluding hydrogens is 454 g/mol. The van der Waals surface area contributed by atoms with E-state index in [0.29, 0.717) is 37.5 Å². The first-order chi connectivity index (χ1) is 17.6. The first-order valence-electron chi connectivity index (χ1n) is 12.8. The standard InChI is InChI=1S/C28H31N5O3/c29-18-20-6-8-21(9-7-20)23-16-22-17-25(27(34)31-24-4-2-1-3-5-24)28(35)33(26(22)30-19-23)11-10-32-12-14-36-15-13-32/h6-9,16-17,19,24H,1-5,10-15H2,(H,31,34). The Morgan fingerprint density at radius 3 is 2.53 bits per heavy atom. The van der Waals surface area contributed by atoms with Crippen LogP contribution in [0.2, 0.25) is 0 Å². The summed E-state index contributed by atoms with van der Waals surface area (Å²) in [7, 11) is 0. The first-order valence-corrected chi connectivity index (χ1v) is 12.8. The Balaban J connectivity index is 1.51. The molecule has 2 aromatic heterocycles. The van der Waals surface area contributed by atoms with Crippen LogP contribution >= 0.6 is 0 Å². The highest BCUT2D eigenvalue weighted by atomic mass is 16.5. The maximum atomic E-state index is 13.6. The molecule has 1 amide bonds. The molecule has 1 N–H and O–H groups in total. The van der Waals surface area contributed by atoms with Crippen LogP contribution in [-0.2, 0) is 11.3 Å². The topological polar surface area (TPSA) is 100 Å². The van der Waals surface area contributed by atoms with Gasteiger partial charge in [0.1, 0.15) is 11.2 Å². The van der Waals surface area contributed by atoms with Crippen molar-refractivity contribution in [3.63, 3.8) is 0 Å². The zero-order chi connectivity index (χ0) is 24.9. The van der Waals surface area contributed by atoms with E-state index in [-0.39, 0.29) is 23.1 Å². The number of carbonyl (C=O) groups excluding carboxylic acids is 1. The van der Waals surface area contributed by atoms with E-state index in [0.717, 1.165) is 55.3 Å². The summed E-state index contributed by atoms with van der Waals surface area (Å²) in [4.78, 5) is 33.7. The van der Waals surface area contributed by atoms with Crippen LogP contribution in [-0.4, -0.2) is 59.2 Å². The van der Waals surface area contributed by atoms with Gasteiger partial charge in [0.15, 0.2) is 0 Å². The number of nitrogens with one attached hydrogen (secondary N) is 1. The number of rotatable bonds is 6. The monoisotopic (exact) mass is 485 g/mol. The molecular formula is C28H31N5O3. The van der Waals surface area contributed by atoms with Crippen molar-refractivity contribution in [3.05, 3.63) is 64.1 Å². The molecule has 1 aromatic carbocycles. The molecule has 2 aliphatic rings. The maximum Gasteiger partial charge on any atom is 0.265 e. The third kappa shape index (κ3) is 5.32. The van der Waals surface area contributed by atoms with Gasteiger partial charge in [-0.15, -0.1) is 0 Å². The molecule has 8 heteroatoms. The lowest BCUT2D eigenvalue weighted by Gasteiger charge is -2.27. The zero-order valence-electron chi connectivity index (χ0n) is 20.4. The number of nitrogens with zero attached hydrogens (tertiary/aromatic N) is 4. The Kier molecular flexibility index (Phi) is 7.40. The van der Waals surface area contributed by atoms with Crippen LogP contribution in [0.3, 0.4) is 0 Å². The second-order valence-corrected chi connectivity index (χ2v) is 9.60. The number of hydrogen-bond acceptors (Lipinski definition) is 6. The molecule has 2 fully saturated rings. The van der Waals surface area contributed by atoms with E-state index >= 15 is 0 Å². The van der Waals surface area contributed by atoms with Crippen molar-refractivity contribution in [3.8, 4) is 17.2 Å². The van der Waals surface area contributed by atoms with E-state index in [1.807, 2.05) is 18.2 Å². The van der Waals surface area contributed by atoms with Crippen LogP contribution in [0, 0.1) is 11.3 Å². The highest BCUT2D eigenvalue weighted by Gasteiger charge is 2.22. The van der Waals surface area contributed by atoms with Crippen LogP contribution in [0.4, 0.5) is 0 Å². The summed E-state index contributed by atoms with van der Waals surface area (Å²) in [6, 6.07) is 13.2. The van der Waals surface area contributed by atoms with Gasteiger partial charge in [0.25, 0.3) is 11.5 Å². The maximum absolute atomic E-state index is 13.6. The van der Waals surface area contributed by atoms with E-state index in [9.17, 15) is 9.59 Å². The van der Waals surface area contributed by atoms with Gasteiger partial charge in [-0.1, -0.05) is 31.4 Å². The van der Waals surface area contributed by atoms with E-state index in [1.54, 1.807) is 29.0 Å². The molecule has 186 valence electrons. The predicted molar refractivity (Wildman–Crippen MR) is 138 cm³/mol. The van der Waals surface area contributed by atoms with Gasteiger partial charge in [-0.25, -0.2) is 4.98 Å². The summed E-state index contributed by atoms with van der Waals surface area (Å²) in [6.07, 6.45) is 7.05. The van der Waals surface area contributed by atoms with Crippen molar-refractivity contribution in [2.24, 2.45) is 0 Å². The average Bonchev–Trinajstić information content (AvgIpc) is 2.93. The van der Waals surface area contributed by atoms with Gasteiger partial charge >= 0.3 is 0 Å². The van der Waals surface area contributed by atoms with Crippen LogP contribution in [0.15, 0.2) is 47.4 Å². The van der Waals surface area contributed by atoms with Gasteiger partial charge in [0, 0.05) is 49.4 Å². The van der Waals surface area contributed by atoms with E-state index in [2.05, 4.69) is 21.3 Å². The Hall–Kier alpha value is -3.54. The molecule has 0 radical (unpaired) electrons. The van der Waals surface area contributed by atoms with Crippen molar-refractivity contribution in [2.75, 3.05) is 32.8 Å². The highest BCUT2D eigenvalue weighted by molar-refractivity contribution is 5.97. The number of aromatic nitrogens is 2. The third-order valence-electron chi connectivity index (χ3n) is 7.20. The molecule has 5 rings (SSSR count). The Morgan fingerprint density at radius 1 is 1.06 bits per heavy atom. The SMILES string of the molecule is N#Cc1ccc(-c2cnc3c(c2)cc(C(=O)NC2CCCCC2)c(=O)n3CCN2CCOCC2)cc1. The highest BCUT2D eigenvalue weighted by Crippen LogP contribution is 2.24. The van der Waals surface area contributed by atoms with Gasteiger partial charge in [-0.3, -0.25) is 19.1 Å². The Morgan fingerprint density at radius 2 is 1.81 bits per heavy atom. The fourth-order valence-corrected chi connectivity index (χ4v) is 5.11. The van der Waals surface area contributed by atoms with E-state index < -0.39 is 0 Å². The molecule has 36 heavy (non-hydrogen) atoms. The minimum Gasteiger partial charge on any atom is -0.379 e. The summed E-state index contributed by atoms with van der Waals surface area (Å²) in [5.74, 6) is -0.308. The van der Waals surface area contributed by atoms with Crippen molar-refractivity contribution >= 4 is 16.9 Å². The second kappa shape index (κ2) is 11.0. The molecule has 0 atom stereocenters. The Labute approximate surface area is 210 Å². The quantitative estimate of drug-likeness (QED) is 0.575. The van der Waals surface area contributed by atoms with Crippen molar-refractivity contribution in [2.45, 2.75) is 44.7 Å². The minimum atomic E-state index is -0.308. The van der Waals surface area contributed by atoms with Gasteiger partial charge < -0.3 is 10.1 Å². The fraction of sp³-hybridized carbons (Fsp3) is 0.429. The molecule has 0 unspecified atom stereocenters. The lowest BCUT2D eigenvalue weighted by atomic mass is 9.95. The summed E-state index contributed by atoms with van der Waals surface area (Å²) >= 11 is 0.